The van der Waals surface area contributed by atoms with Crippen molar-refractivity contribution < 1.29 is 29.0 Å². The molecule has 1 aliphatic heterocycles. The zero-order valence-electron chi connectivity index (χ0n) is 15.6. The van der Waals surface area contributed by atoms with Crippen LogP contribution < -0.4 is 15.8 Å². The van der Waals surface area contributed by atoms with Crippen LogP contribution in [0, 0.1) is 0 Å². The first kappa shape index (κ1) is 20.9. The topological polar surface area (TPSA) is 128 Å². The smallest absolute Gasteiger partial charge is 0.355 e. The number of nitrogens with one attached hydrogen (secondary N) is 1. The molecule has 0 saturated carbocycles. The van der Waals surface area contributed by atoms with Crippen LogP contribution in [-0.2, 0) is 14.3 Å². The summed E-state index contributed by atoms with van der Waals surface area (Å²) in [6, 6.07) is 4.49. The van der Waals surface area contributed by atoms with Crippen LogP contribution in [0.25, 0.3) is 0 Å². The summed E-state index contributed by atoms with van der Waals surface area (Å²) in [7, 11) is 0. The summed E-state index contributed by atoms with van der Waals surface area (Å²) < 4.78 is 11.1. The summed E-state index contributed by atoms with van der Waals surface area (Å²) in [5.41, 5.74) is 4.13. The second kappa shape index (κ2) is 8.96. The minimum Gasteiger partial charge on any atom is -0.478 e. The first-order valence-corrected chi connectivity index (χ1v) is 8.99. The Morgan fingerprint density at radius 3 is 2.56 bits per heavy atom. The highest BCUT2D eigenvalue weighted by molar-refractivity contribution is 6.07. The van der Waals surface area contributed by atoms with E-state index in [2.05, 4.69) is 5.32 Å². The minimum absolute atomic E-state index is 0.00668. The number of carbonyl (C=O) groups is 3. The van der Waals surface area contributed by atoms with E-state index in [0.29, 0.717) is 0 Å². The number of carboxylic acids is 1. The molecule has 1 heterocycles. The van der Waals surface area contributed by atoms with Crippen molar-refractivity contribution in [2.24, 2.45) is 0 Å². The van der Waals surface area contributed by atoms with Crippen molar-refractivity contribution in [3.05, 3.63) is 23.8 Å². The SMILES string of the molecule is CCC(=O)C(C)(Oc1cccc(C(=O)COC2CCNCC2)c1N)C(=O)O. The third kappa shape index (κ3) is 4.84. The molecular weight excluding hydrogens is 352 g/mol. The summed E-state index contributed by atoms with van der Waals surface area (Å²) in [6.07, 6.45) is 1.68. The molecule has 1 atom stereocenters. The van der Waals surface area contributed by atoms with Gasteiger partial charge in [0.05, 0.1) is 11.8 Å². The summed E-state index contributed by atoms with van der Waals surface area (Å²) in [4.78, 5) is 36.1. The fourth-order valence-electron chi connectivity index (χ4n) is 2.89. The second-order valence-electron chi connectivity index (χ2n) is 6.62. The van der Waals surface area contributed by atoms with Crippen molar-refractivity contribution in [1.82, 2.24) is 5.32 Å². The second-order valence-corrected chi connectivity index (χ2v) is 6.62. The van der Waals surface area contributed by atoms with Gasteiger partial charge in [0.1, 0.15) is 12.4 Å². The van der Waals surface area contributed by atoms with Gasteiger partial charge in [-0.05, 0) is 45.0 Å². The Morgan fingerprint density at radius 2 is 1.96 bits per heavy atom. The average Bonchev–Trinajstić information content (AvgIpc) is 2.67. The number of rotatable bonds is 9. The highest BCUT2D eigenvalue weighted by Gasteiger charge is 2.43. The molecule has 1 fully saturated rings. The lowest BCUT2D eigenvalue weighted by atomic mass is 9.98. The number of carboxylic acid groups (broad SMARTS) is 1. The van der Waals surface area contributed by atoms with E-state index in [9.17, 15) is 19.5 Å². The van der Waals surface area contributed by atoms with Crippen molar-refractivity contribution in [1.29, 1.82) is 0 Å². The largest absolute Gasteiger partial charge is 0.478 e. The van der Waals surface area contributed by atoms with Gasteiger partial charge in [-0.1, -0.05) is 13.0 Å². The monoisotopic (exact) mass is 378 g/mol. The van der Waals surface area contributed by atoms with E-state index in [0.717, 1.165) is 25.9 Å². The Kier molecular flexibility index (Phi) is 6.92. The first-order chi connectivity index (χ1) is 12.8. The number of hydrogen-bond donors (Lipinski definition) is 3. The van der Waals surface area contributed by atoms with Crippen LogP contribution in [0.1, 0.15) is 43.5 Å². The lowest BCUT2D eigenvalue weighted by molar-refractivity contribution is -0.160. The predicted octanol–water partition coefficient (Wildman–Crippen LogP) is 1.42. The van der Waals surface area contributed by atoms with E-state index in [1.807, 2.05) is 0 Å². The number of carbonyl (C=O) groups excluding carboxylic acids is 2. The van der Waals surface area contributed by atoms with E-state index in [-0.39, 0.29) is 41.9 Å². The van der Waals surface area contributed by atoms with Crippen LogP contribution >= 0.6 is 0 Å². The summed E-state index contributed by atoms with van der Waals surface area (Å²) in [5, 5.41) is 12.6. The third-order valence-corrected chi connectivity index (χ3v) is 4.68. The number of para-hydroxylation sites is 1. The van der Waals surface area contributed by atoms with Gasteiger partial charge in [0, 0.05) is 12.0 Å². The Hall–Kier alpha value is -2.45. The Balaban J connectivity index is 2.15. The van der Waals surface area contributed by atoms with Crippen LogP contribution in [0.5, 0.6) is 5.75 Å². The number of hydrogen-bond acceptors (Lipinski definition) is 7. The number of benzene rings is 1. The normalized spacial score (nSPS) is 17.1. The number of aliphatic carboxylic acids is 1. The Labute approximate surface area is 158 Å². The molecule has 1 saturated heterocycles. The summed E-state index contributed by atoms with van der Waals surface area (Å²) in [6.45, 7) is 4.30. The molecule has 0 amide bonds. The highest BCUT2D eigenvalue weighted by atomic mass is 16.5. The van der Waals surface area contributed by atoms with Crippen molar-refractivity contribution in [3.63, 3.8) is 0 Å². The van der Waals surface area contributed by atoms with Gasteiger partial charge in [-0.2, -0.15) is 0 Å². The van der Waals surface area contributed by atoms with Crippen LogP contribution in [-0.4, -0.2) is 54.0 Å². The maximum absolute atomic E-state index is 12.5. The van der Waals surface area contributed by atoms with Gasteiger partial charge >= 0.3 is 5.97 Å². The fraction of sp³-hybridized carbons (Fsp3) is 0.526. The molecule has 1 aromatic carbocycles. The molecule has 27 heavy (non-hydrogen) atoms. The van der Waals surface area contributed by atoms with Gasteiger partial charge in [-0.15, -0.1) is 0 Å². The average molecular weight is 378 g/mol. The van der Waals surface area contributed by atoms with Crippen molar-refractivity contribution in [3.8, 4) is 5.75 Å². The van der Waals surface area contributed by atoms with Crippen molar-refractivity contribution in [2.45, 2.75) is 44.8 Å². The molecule has 0 spiro atoms. The van der Waals surface area contributed by atoms with Crippen molar-refractivity contribution >= 4 is 23.2 Å². The Morgan fingerprint density at radius 1 is 1.30 bits per heavy atom. The van der Waals surface area contributed by atoms with E-state index in [1.54, 1.807) is 6.92 Å². The molecule has 8 heteroatoms. The van der Waals surface area contributed by atoms with Crippen LogP contribution in [0.15, 0.2) is 18.2 Å². The first-order valence-electron chi connectivity index (χ1n) is 8.99. The number of anilines is 1. The molecule has 0 radical (unpaired) electrons. The molecule has 0 aromatic heterocycles. The molecule has 1 aliphatic rings. The van der Waals surface area contributed by atoms with Gasteiger partial charge in [0.2, 0.25) is 0 Å². The van der Waals surface area contributed by atoms with Gasteiger partial charge in [0.25, 0.3) is 5.60 Å². The van der Waals surface area contributed by atoms with Gasteiger partial charge in [-0.3, -0.25) is 9.59 Å². The molecule has 2 rings (SSSR count). The lowest BCUT2D eigenvalue weighted by Crippen LogP contribution is -2.49. The van der Waals surface area contributed by atoms with E-state index in [1.165, 1.54) is 25.1 Å². The molecule has 8 nitrogen and oxygen atoms in total. The maximum atomic E-state index is 12.5. The molecule has 148 valence electrons. The number of Topliss-reactive ketones (excluding diaryl/α,β-unsaturated/α-hetero) is 2. The van der Waals surface area contributed by atoms with E-state index in [4.69, 9.17) is 15.2 Å². The Bertz CT molecular complexity index is 714. The standard InChI is InChI=1S/C19H26N2O6/c1-3-16(23)19(2,18(24)25)27-15-6-4-5-13(17(15)20)14(22)11-26-12-7-9-21-10-8-12/h4-6,12,21H,3,7-11,20H2,1-2H3,(H,24,25). The zero-order valence-corrected chi connectivity index (χ0v) is 15.6. The van der Waals surface area contributed by atoms with E-state index >= 15 is 0 Å². The number of nitrogen functional groups attached to an aromatic ring is 1. The number of ketones is 2. The van der Waals surface area contributed by atoms with Crippen molar-refractivity contribution in [2.75, 3.05) is 25.4 Å². The summed E-state index contributed by atoms with van der Waals surface area (Å²) in [5.74, 6) is -2.36. The predicted molar refractivity (Wildman–Crippen MR) is 99.0 cm³/mol. The van der Waals surface area contributed by atoms with Gasteiger partial charge in [0.15, 0.2) is 11.6 Å². The number of nitrogens with two attached hydrogens (primary N) is 1. The third-order valence-electron chi connectivity index (χ3n) is 4.68. The van der Waals surface area contributed by atoms with Gasteiger partial charge < -0.3 is 25.6 Å². The quantitative estimate of drug-likeness (QED) is 0.334. The van der Waals surface area contributed by atoms with Gasteiger partial charge in [-0.25, -0.2) is 4.79 Å². The van der Waals surface area contributed by atoms with Crippen LogP contribution in [0.2, 0.25) is 0 Å². The molecular formula is C19H26N2O6. The molecule has 4 N–H and O–H groups in total. The highest BCUT2D eigenvalue weighted by Crippen LogP contribution is 2.30. The lowest BCUT2D eigenvalue weighted by Gasteiger charge is -2.26. The molecule has 0 bridgehead atoms. The van der Waals surface area contributed by atoms with E-state index < -0.39 is 17.4 Å². The number of piperidine rings is 1. The number of ether oxygens (including phenoxy) is 2. The molecule has 1 unspecified atom stereocenters. The van der Waals surface area contributed by atoms with Crippen LogP contribution in [0.4, 0.5) is 5.69 Å². The molecule has 1 aromatic rings. The minimum atomic E-state index is -2.07. The maximum Gasteiger partial charge on any atom is 0.355 e. The molecule has 0 aliphatic carbocycles. The summed E-state index contributed by atoms with van der Waals surface area (Å²) >= 11 is 0. The van der Waals surface area contributed by atoms with Crippen LogP contribution in [0.3, 0.4) is 0 Å². The fourth-order valence-corrected chi connectivity index (χ4v) is 2.89. The zero-order chi connectivity index (χ0) is 20.0.